The number of carbonyl (C=O) groups excluding carboxylic acids is 1. The summed E-state index contributed by atoms with van der Waals surface area (Å²) in [4.78, 5) is 21.6. The highest BCUT2D eigenvalue weighted by Crippen LogP contribution is 2.34. The summed E-state index contributed by atoms with van der Waals surface area (Å²) >= 11 is 6.31. The number of allylic oxidation sites excluding steroid dienone is 3. The zero-order valence-electron chi connectivity index (χ0n) is 15.9. The van der Waals surface area contributed by atoms with Crippen LogP contribution in [0.3, 0.4) is 0 Å². The quantitative estimate of drug-likeness (QED) is 0.677. The van der Waals surface area contributed by atoms with Crippen molar-refractivity contribution in [2.75, 3.05) is 12.3 Å². The number of nitrogens with zero attached hydrogens (tertiary/aromatic N) is 3. The maximum Gasteiger partial charge on any atom is 0.240 e. The maximum atomic E-state index is 13.4. The molecule has 2 aromatic heterocycles. The van der Waals surface area contributed by atoms with E-state index >= 15 is 0 Å². The van der Waals surface area contributed by atoms with Crippen molar-refractivity contribution in [3.8, 4) is 11.3 Å². The van der Waals surface area contributed by atoms with Crippen molar-refractivity contribution in [1.82, 2.24) is 14.5 Å². The van der Waals surface area contributed by atoms with E-state index in [0.717, 1.165) is 17.4 Å². The normalized spacial score (nSPS) is 17.3. The summed E-state index contributed by atoms with van der Waals surface area (Å²) in [6, 6.07) is 7.51. The number of hydrogen-bond donors (Lipinski definition) is 2. The Balaban J connectivity index is 1.83. The van der Waals surface area contributed by atoms with Crippen LogP contribution in [0, 0.1) is 11.8 Å². The lowest BCUT2D eigenvalue weighted by atomic mass is 9.90. The first-order chi connectivity index (χ1) is 14.0. The number of nitrogen functional groups attached to an aromatic ring is 1. The summed E-state index contributed by atoms with van der Waals surface area (Å²) in [7, 11) is 0. The van der Waals surface area contributed by atoms with E-state index in [9.17, 15) is 9.90 Å². The van der Waals surface area contributed by atoms with Crippen LogP contribution < -0.4 is 5.73 Å². The lowest BCUT2D eigenvalue weighted by Gasteiger charge is -2.19. The van der Waals surface area contributed by atoms with Crippen LogP contribution in [0.4, 0.5) is 5.95 Å². The van der Waals surface area contributed by atoms with E-state index in [2.05, 4.69) is 23.0 Å². The van der Waals surface area contributed by atoms with Gasteiger partial charge in [-0.1, -0.05) is 55.0 Å². The van der Waals surface area contributed by atoms with Gasteiger partial charge in [-0.3, -0.25) is 9.36 Å². The Morgan fingerprint density at radius 2 is 2.21 bits per heavy atom. The van der Waals surface area contributed by atoms with Gasteiger partial charge in [0.25, 0.3) is 0 Å². The molecule has 2 unspecified atom stereocenters. The Labute approximate surface area is 173 Å². The largest absolute Gasteiger partial charge is 0.395 e. The zero-order chi connectivity index (χ0) is 20.5. The fraction of sp³-hybridized carbons (Fsp3) is 0.227. The van der Waals surface area contributed by atoms with Crippen LogP contribution in [0.25, 0.3) is 22.2 Å². The molecule has 0 fully saturated rings. The van der Waals surface area contributed by atoms with Crippen molar-refractivity contribution >= 4 is 34.4 Å². The van der Waals surface area contributed by atoms with Gasteiger partial charge in [0.1, 0.15) is 0 Å². The third-order valence-corrected chi connectivity index (χ3v) is 5.47. The summed E-state index contributed by atoms with van der Waals surface area (Å²) in [5.74, 6) is -0.322. The van der Waals surface area contributed by atoms with Crippen molar-refractivity contribution in [3.05, 3.63) is 65.5 Å². The Morgan fingerprint density at radius 3 is 2.93 bits per heavy atom. The standard InChI is InChI=1S/C22H21ClN4O2/c1-13-6-8-14(9-7-13)17(12-28)21(29)27-11-16(15-4-2-3-5-19(15)27)20-18(23)10-25-22(24)26-20/h2-6,8-11,13,17,28H,7,12H2,1H3,(H2,24,25,26). The molecule has 0 saturated carbocycles. The predicted octanol–water partition coefficient (Wildman–Crippen LogP) is 4.11. The van der Waals surface area contributed by atoms with E-state index in [4.69, 9.17) is 17.3 Å². The van der Waals surface area contributed by atoms with Gasteiger partial charge >= 0.3 is 0 Å². The van der Waals surface area contributed by atoms with Crippen molar-refractivity contribution < 1.29 is 9.90 Å². The number of para-hydroxylation sites is 1. The molecule has 148 valence electrons. The molecule has 0 bridgehead atoms. The van der Waals surface area contributed by atoms with E-state index in [1.54, 1.807) is 10.8 Å². The lowest BCUT2D eigenvalue weighted by Crippen LogP contribution is -2.26. The van der Waals surface area contributed by atoms with E-state index in [1.807, 2.05) is 36.4 Å². The van der Waals surface area contributed by atoms with Gasteiger partial charge in [0, 0.05) is 17.1 Å². The zero-order valence-corrected chi connectivity index (χ0v) is 16.7. The van der Waals surface area contributed by atoms with Crippen molar-refractivity contribution in [2.45, 2.75) is 13.3 Å². The molecule has 1 aliphatic rings. The van der Waals surface area contributed by atoms with Crippen LogP contribution in [0.1, 0.15) is 18.1 Å². The molecule has 0 aliphatic heterocycles. The number of aromatic nitrogens is 3. The molecule has 2 atom stereocenters. The SMILES string of the molecule is CC1C=CC(C(CO)C(=O)n2cc(-c3nc(N)ncc3Cl)c3ccccc32)=CC1. The molecule has 7 heteroatoms. The second-order valence-corrected chi connectivity index (χ2v) is 7.61. The van der Waals surface area contributed by atoms with E-state index in [0.29, 0.717) is 27.7 Å². The molecule has 0 radical (unpaired) electrons. The number of rotatable bonds is 4. The number of halogens is 1. The van der Waals surface area contributed by atoms with Gasteiger partial charge in [0.2, 0.25) is 11.9 Å². The highest BCUT2D eigenvalue weighted by Gasteiger charge is 2.26. The molecule has 4 rings (SSSR count). The fourth-order valence-electron chi connectivity index (χ4n) is 3.62. The number of benzene rings is 1. The minimum absolute atomic E-state index is 0.104. The molecule has 2 heterocycles. The predicted molar refractivity (Wildman–Crippen MR) is 115 cm³/mol. The van der Waals surface area contributed by atoms with E-state index in [-0.39, 0.29) is 18.5 Å². The summed E-state index contributed by atoms with van der Waals surface area (Å²) in [5.41, 5.74) is 8.45. The number of aliphatic hydroxyl groups excluding tert-OH is 1. The molecule has 0 saturated heterocycles. The maximum absolute atomic E-state index is 13.4. The van der Waals surface area contributed by atoms with Gasteiger partial charge in [0.05, 0.1) is 35.0 Å². The van der Waals surface area contributed by atoms with Crippen LogP contribution in [0.15, 0.2) is 60.5 Å². The van der Waals surface area contributed by atoms with Crippen molar-refractivity contribution in [1.29, 1.82) is 0 Å². The van der Waals surface area contributed by atoms with Crippen LogP contribution in [-0.2, 0) is 0 Å². The number of aliphatic hydroxyl groups is 1. The van der Waals surface area contributed by atoms with Crippen LogP contribution >= 0.6 is 11.6 Å². The van der Waals surface area contributed by atoms with Gasteiger partial charge < -0.3 is 10.8 Å². The number of nitrogens with two attached hydrogens (primary N) is 1. The fourth-order valence-corrected chi connectivity index (χ4v) is 3.81. The van der Waals surface area contributed by atoms with Crippen LogP contribution in [0.5, 0.6) is 0 Å². The average molecular weight is 409 g/mol. The minimum Gasteiger partial charge on any atom is -0.395 e. The third kappa shape index (κ3) is 3.57. The summed E-state index contributed by atoms with van der Waals surface area (Å²) in [5, 5.41) is 11.2. The summed E-state index contributed by atoms with van der Waals surface area (Å²) in [6.07, 6.45) is 10.0. The molecule has 0 spiro atoms. The molecule has 1 aliphatic carbocycles. The second-order valence-electron chi connectivity index (χ2n) is 7.20. The highest BCUT2D eigenvalue weighted by molar-refractivity contribution is 6.33. The van der Waals surface area contributed by atoms with Gasteiger partial charge in [0.15, 0.2) is 0 Å². The van der Waals surface area contributed by atoms with Gasteiger partial charge in [-0.2, -0.15) is 0 Å². The number of hydrogen-bond acceptors (Lipinski definition) is 5. The number of anilines is 1. The third-order valence-electron chi connectivity index (χ3n) is 5.19. The first kappa shape index (κ1) is 19.4. The van der Waals surface area contributed by atoms with Crippen LogP contribution in [0.2, 0.25) is 5.02 Å². The molecule has 1 aromatic carbocycles. The summed E-state index contributed by atoms with van der Waals surface area (Å²) < 4.78 is 1.56. The summed E-state index contributed by atoms with van der Waals surface area (Å²) in [6.45, 7) is 1.84. The van der Waals surface area contributed by atoms with Crippen molar-refractivity contribution in [2.24, 2.45) is 11.8 Å². The first-order valence-electron chi connectivity index (χ1n) is 9.41. The molecule has 6 nitrogen and oxygen atoms in total. The van der Waals surface area contributed by atoms with Crippen molar-refractivity contribution in [3.63, 3.8) is 0 Å². The Hall–Kier alpha value is -2.96. The Bertz CT molecular complexity index is 1150. The monoisotopic (exact) mass is 408 g/mol. The average Bonchev–Trinajstić information content (AvgIpc) is 3.11. The van der Waals surface area contributed by atoms with Gasteiger partial charge in [-0.05, 0) is 24.0 Å². The first-order valence-corrected chi connectivity index (χ1v) is 9.79. The molecule has 3 aromatic rings. The van der Waals surface area contributed by atoms with Gasteiger partial charge in [-0.25, -0.2) is 9.97 Å². The molecular weight excluding hydrogens is 388 g/mol. The van der Waals surface area contributed by atoms with E-state index < -0.39 is 5.92 Å². The number of carbonyl (C=O) groups is 1. The number of fused-ring (bicyclic) bond motifs is 1. The Morgan fingerprint density at radius 1 is 1.41 bits per heavy atom. The lowest BCUT2D eigenvalue weighted by molar-refractivity contribution is 0.0814. The second kappa shape index (κ2) is 7.81. The topological polar surface area (TPSA) is 94.0 Å². The minimum atomic E-state index is -0.645. The Kier molecular flexibility index (Phi) is 5.22. The van der Waals surface area contributed by atoms with Crippen LogP contribution in [-0.4, -0.2) is 32.2 Å². The molecule has 0 amide bonds. The highest BCUT2D eigenvalue weighted by atomic mass is 35.5. The van der Waals surface area contributed by atoms with Gasteiger partial charge in [-0.15, -0.1) is 0 Å². The molecule has 29 heavy (non-hydrogen) atoms. The molecule has 3 N–H and O–H groups in total. The molecular formula is C22H21ClN4O2. The van der Waals surface area contributed by atoms with E-state index in [1.165, 1.54) is 6.20 Å². The smallest absolute Gasteiger partial charge is 0.240 e.